The fourth-order valence-electron chi connectivity index (χ4n) is 3.33. The third-order valence-electron chi connectivity index (χ3n) is 4.77. The zero-order valence-electron chi connectivity index (χ0n) is 13.9. The van der Waals surface area contributed by atoms with Gasteiger partial charge in [-0.2, -0.15) is 0 Å². The molecule has 126 valence electrons. The van der Waals surface area contributed by atoms with Gasteiger partial charge in [-0.3, -0.25) is 4.79 Å². The number of phenolic OH excluding ortho intramolecular Hbond substituents is 1. The molecule has 4 nitrogen and oxygen atoms in total. The molecule has 0 aromatic heterocycles. The number of nitrogens with zero attached hydrogens (tertiary/aromatic N) is 1. The van der Waals surface area contributed by atoms with Gasteiger partial charge in [0.15, 0.2) is 0 Å². The minimum absolute atomic E-state index is 0.0242. The van der Waals surface area contributed by atoms with E-state index >= 15 is 0 Å². The molecular formula is C20H23NO3. The fraction of sp³-hybridized carbons (Fsp3) is 0.350. The van der Waals surface area contributed by atoms with Gasteiger partial charge in [-0.25, -0.2) is 0 Å². The number of aliphatic hydroxyl groups excluding tert-OH is 1. The summed E-state index contributed by atoms with van der Waals surface area (Å²) in [6, 6.07) is 14.6. The van der Waals surface area contributed by atoms with E-state index in [2.05, 4.69) is 0 Å². The Balaban J connectivity index is 1.73. The number of aromatic hydroxyl groups is 1. The molecule has 2 aromatic rings. The summed E-state index contributed by atoms with van der Waals surface area (Å²) in [4.78, 5) is 14.6. The van der Waals surface area contributed by atoms with Gasteiger partial charge in [0.05, 0.1) is 6.10 Å². The Bertz CT molecular complexity index is 714. The van der Waals surface area contributed by atoms with Gasteiger partial charge in [0.2, 0.25) is 0 Å². The van der Waals surface area contributed by atoms with Gasteiger partial charge in [0, 0.05) is 18.2 Å². The molecule has 24 heavy (non-hydrogen) atoms. The quantitative estimate of drug-likeness (QED) is 0.905. The second-order valence-corrected chi connectivity index (χ2v) is 6.46. The first kappa shape index (κ1) is 16.5. The molecule has 1 saturated heterocycles. The van der Waals surface area contributed by atoms with Crippen LogP contribution in [0.15, 0.2) is 48.5 Å². The van der Waals surface area contributed by atoms with Crippen LogP contribution in [0.2, 0.25) is 0 Å². The first-order valence-electron chi connectivity index (χ1n) is 8.40. The number of amides is 1. The monoisotopic (exact) mass is 325 g/mol. The van der Waals surface area contributed by atoms with Crippen molar-refractivity contribution < 1.29 is 15.0 Å². The average molecular weight is 325 g/mol. The Kier molecular flexibility index (Phi) is 4.86. The number of rotatable bonds is 4. The van der Waals surface area contributed by atoms with Crippen LogP contribution in [-0.2, 0) is 0 Å². The third-order valence-corrected chi connectivity index (χ3v) is 4.77. The van der Waals surface area contributed by atoms with E-state index in [0.29, 0.717) is 18.5 Å². The largest absolute Gasteiger partial charge is 0.508 e. The summed E-state index contributed by atoms with van der Waals surface area (Å²) >= 11 is 0. The van der Waals surface area contributed by atoms with Gasteiger partial charge in [0.25, 0.3) is 5.91 Å². The summed E-state index contributed by atoms with van der Waals surface area (Å²) in [6.45, 7) is 2.50. The van der Waals surface area contributed by atoms with E-state index in [1.807, 2.05) is 35.2 Å². The van der Waals surface area contributed by atoms with Crippen LogP contribution in [0.5, 0.6) is 5.75 Å². The van der Waals surface area contributed by atoms with Crippen molar-refractivity contribution in [3.63, 3.8) is 0 Å². The first-order chi connectivity index (χ1) is 11.6. The number of hydrogen-bond donors (Lipinski definition) is 2. The minimum atomic E-state index is -0.573. The van der Waals surface area contributed by atoms with Crippen molar-refractivity contribution in [3.8, 4) is 5.75 Å². The summed E-state index contributed by atoms with van der Waals surface area (Å²) in [5, 5.41) is 20.3. The second kappa shape index (κ2) is 7.05. The first-order valence-corrected chi connectivity index (χ1v) is 8.40. The maximum atomic E-state index is 12.8. The van der Waals surface area contributed by atoms with E-state index in [1.54, 1.807) is 19.1 Å². The molecule has 1 heterocycles. The van der Waals surface area contributed by atoms with Crippen LogP contribution in [0.25, 0.3) is 0 Å². The molecule has 0 aliphatic carbocycles. The SMILES string of the molecule is Cc1ccc(C(=O)N2CCCC2CC(O)c2ccccc2)cc1O. The smallest absolute Gasteiger partial charge is 0.254 e. The molecule has 2 N–H and O–H groups in total. The van der Waals surface area contributed by atoms with Crippen LogP contribution < -0.4 is 0 Å². The normalized spacial score (nSPS) is 18.6. The molecule has 2 unspecified atom stereocenters. The van der Waals surface area contributed by atoms with Crippen molar-refractivity contribution in [1.82, 2.24) is 4.90 Å². The molecule has 0 spiro atoms. The lowest BCUT2D eigenvalue weighted by molar-refractivity contribution is 0.0666. The number of aryl methyl sites for hydroxylation is 1. The highest BCUT2D eigenvalue weighted by Gasteiger charge is 2.31. The molecule has 2 atom stereocenters. The summed E-state index contributed by atoms with van der Waals surface area (Å²) in [6.07, 6.45) is 1.80. The molecule has 0 radical (unpaired) electrons. The van der Waals surface area contributed by atoms with Crippen LogP contribution in [0.4, 0.5) is 0 Å². The van der Waals surface area contributed by atoms with E-state index in [-0.39, 0.29) is 17.7 Å². The molecule has 1 aliphatic heterocycles. The topological polar surface area (TPSA) is 60.8 Å². The van der Waals surface area contributed by atoms with E-state index in [4.69, 9.17) is 0 Å². The highest BCUT2D eigenvalue weighted by atomic mass is 16.3. The van der Waals surface area contributed by atoms with E-state index in [9.17, 15) is 15.0 Å². The number of phenols is 1. The molecule has 4 heteroatoms. The van der Waals surface area contributed by atoms with Crippen LogP contribution in [-0.4, -0.2) is 33.6 Å². The van der Waals surface area contributed by atoms with Crippen LogP contribution in [0.3, 0.4) is 0 Å². The van der Waals surface area contributed by atoms with E-state index < -0.39 is 6.10 Å². The average Bonchev–Trinajstić information content (AvgIpc) is 3.05. The summed E-state index contributed by atoms with van der Waals surface area (Å²) in [5.74, 6) is 0.0639. The van der Waals surface area contributed by atoms with Crippen LogP contribution in [0, 0.1) is 6.92 Å². The predicted octanol–water partition coefficient (Wildman–Crippen LogP) is 3.43. The van der Waals surface area contributed by atoms with Crippen LogP contribution in [0.1, 0.15) is 46.9 Å². The van der Waals surface area contributed by atoms with Crippen molar-refractivity contribution in [2.75, 3.05) is 6.54 Å². The predicted molar refractivity (Wildman–Crippen MR) is 92.9 cm³/mol. The Labute approximate surface area is 142 Å². The number of benzene rings is 2. The van der Waals surface area contributed by atoms with Crippen molar-refractivity contribution in [3.05, 3.63) is 65.2 Å². The van der Waals surface area contributed by atoms with Gasteiger partial charge in [0.1, 0.15) is 5.75 Å². The molecule has 1 aliphatic rings. The third kappa shape index (κ3) is 3.44. The van der Waals surface area contributed by atoms with Gasteiger partial charge >= 0.3 is 0 Å². The van der Waals surface area contributed by atoms with Gasteiger partial charge in [-0.1, -0.05) is 36.4 Å². The molecule has 2 aromatic carbocycles. The van der Waals surface area contributed by atoms with Gasteiger partial charge < -0.3 is 15.1 Å². The fourth-order valence-corrected chi connectivity index (χ4v) is 3.33. The number of hydrogen-bond acceptors (Lipinski definition) is 3. The molecule has 0 bridgehead atoms. The number of carbonyl (C=O) groups is 1. The Morgan fingerprint density at radius 3 is 2.71 bits per heavy atom. The number of aliphatic hydroxyl groups is 1. The Hall–Kier alpha value is -2.33. The minimum Gasteiger partial charge on any atom is -0.508 e. The lowest BCUT2D eigenvalue weighted by Crippen LogP contribution is -2.36. The van der Waals surface area contributed by atoms with Crippen molar-refractivity contribution >= 4 is 5.91 Å². The Morgan fingerprint density at radius 2 is 2.00 bits per heavy atom. The standard InChI is InChI=1S/C20H23NO3/c1-14-9-10-16(12-18(14)22)20(24)21-11-5-8-17(21)13-19(23)15-6-3-2-4-7-15/h2-4,6-7,9-10,12,17,19,22-23H,5,8,11,13H2,1H3. The highest BCUT2D eigenvalue weighted by molar-refractivity contribution is 5.95. The maximum absolute atomic E-state index is 12.8. The summed E-state index contributed by atoms with van der Waals surface area (Å²) in [5.41, 5.74) is 2.13. The zero-order valence-corrected chi connectivity index (χ0v) is 13.9. The van der Waals surface area contributed by atoms with Crippen molar-refractivity contribution in [2.24, 2.45) is 0 Å². The lowest BCUT2D eigenvalue weighted by atomic mass is 10.00. The zero-order chi connectivity index (χ0) is 17.1. The maximum Gasteiger partial charge on any atom is 0.254 e. The van der Waals surface area contributed by atoms with Crippen molar-refractivity contribution in [2.45, 2.75) is 38.3 Å². The highest BCUT2D eigenvalue weighted by Crippen LogP contribution is 2.29. The van der Waals surface area contributed by atoms with E-state index in [1.165, 1.54) is 6.07 Å². The Morgan fingerprint density at radius 1 is 1.25 bits per heavy atom. The molecule has 0 saturated carbocycles. The van der Waals surface area contributed by atoms with Crippen LogP contribution >= 0.6 is 0 Å². The number of likely N-dealkylation sites (tertiary alicyclic amines) is 1. The molecular weight excluding hydrogens is 302 g/mol. The summed E-state index contributed by atoms with van der Waals surface area (Å²) in [7, 11) is 0. The van der Waals surface area contributed by atoms with E-state index in [0.717, 1.165) is 24.0 Å². The lowest BCUT2D eigenvalue weighted by Gasteiger charge is -2.27. The number of carbonyl (C=O) groups excluding carboxylic acids is 1. The second-order valence-electron chi connectivity index (χ2n) is 6.46. The summed E-state index contributed by atoms with van der Waals surface area (Å²) < 4.78 is 0. The molecule has 1 fully saturated rings. The van der Waals surface area contributed by atoms with Gasteiger partial charge in [-0.15, -0.1) is 0 Å². The molecule has 1 amide bonds. The molecule has 3 rings (SSSR count). The van der Waals surface area contributed by atoms with Gasteiger partial charge in [-0.05, 0) is 49.4 Å². The van der Waals surface area contributed by atoms with Crippen molar-refractivity contribution in [1.29, 1.82) is 0 Å².